The minimum atomic E-state index is -0.163. The van der Waals surface area contributed by atoms with E-state index in [4.69, 9.17) is 9.47 Å². The van der Waals surface area contributed by atoms with E-state index < -0.39 is 0 Å². The van der Waals surface area contributed by atoms with E-state index in [1.165, 1.54) is 69.8 Å². The summed E-state index contributed by atoms with van der Waals surface area (Å²) >= 11 is 0. The Kier molecular flexibility index (Phi) is 7.18. The Morgan fingerprint density at radius 2 is 1.32 bits per heavy atom. The molecule has 2 nitrogen and oxygen atoms in total. The molecule has 0 bridgehead atoms. The lowest BCUT2D eigenvalue weighted by atomic mass is 9.77. The lowest BCUT2D eigenvalue weighted by Gasteiger charge is -2.34. The molecule has 3 fully saturated rings. The predicted octanol–water partition coefficient (Wildman–Crippen LogP) is 6.56. The molecule has 0 radical (unpaired) electrons. The largest absolute Gasteiger partial charge is 0.342 e. The molecule has 3 rings (SSSR count). The highest BCUT2D eigenvalue weighted by Crippen LogP contribution is 2.42. The van der Waals surface area contributed by atoms with E-state index in [-0.39, 0.29) is 6.29 Å². The topological polar surface area (TPSA) is 18.5 Å². The highest BCUT2D eigenvalue weighted by molar-refractivity contribution is 5.06. The summed E-state index contributed by atoms with van der Waals surface area (Å²) in [6, 6.07) is 0. The van der Waals surface area contributed by atoms with E-state index in [0.717, 1.165) is 18.4 Å². The number of hydrogen-bond acceptors (Lipinski definition) is 2. The van der Waals surface area contributed by atoms with Crippen LogP contribution in [0.3, 0.4) is 0 Å². The fraction of sp³-hybridized carbons (Fsp3) is 0.826. The number of ether oxygens (including phenoxy) is 2. The van der Waals surface area contributed by atoms with Gasteiger partial charge in [0.2, 0.25) is 0 Å². The van der Waals surface area contributed by atoms with Crippen LogP contribution >= 0.6 is 0 Å². The van der Waals surface area contributed by atoms with E-state index >= 15 is 0 Å². The molecule has 142 valence electrons. The molecule has 2 saturated carbocycles. The maximum atomic E-state index is 6.54. The maximum Gasteiger partial charge on any atom is 0.180 e. The van der Waals surface area contributed by atoms with Crippen LogP contribution in [0.5, 0.6) is 0 Å². The molecule has 1 heterocycles. The van der Waals surface area contributed by atoms with Crippen molar-refractivity contribution >= 4 is 0 Å². The molecule has 2 atom stereocenters. The molecule has 25 heavy (non-hydrogen) atoms. The zero-order chi connectivity index (χ0) is 17.6. The van der Waals surface area contributed by atoms with Crippen molar-refractivity contribution in [2.24, 2.45) is 11.8 Å². The monoisotopic (exact) mass is 346 g/mol. The highest BCUT2D eigenvalue weighted by atomic mass is 16.7. The molecule has 0 unspecified atom stereocenters. The quantitative estimate of drug-likeness (QED) is 0.507. The van der Waals surface area contributed by atoms with Crippen molar-refractivity contribution in [3.8, 4) is 0 Å². The van der Waals surface area contributed by atoms with Gasteiger partial charge in [0.05, 0.1) is 12.2 Å². The molecule has 3 aliphatic rings. The minimum Gasteiger partial charge on any atom is -0.342 e. The molecule has 1 aliphatic heterocycles. The van der Waals surface area contributed by atoms with Gasteiger partial charge in [0.1, 0.15) is 0 Å². The van der Waals surface area contributed by atoms with Crippen molar-refractivity contribution in [1.82, 2.24) is 0 Å². The van der Waals surface area contributed by atoms with Crippen molar-refractivity contribution < 1.29 is 9.47 Å². The molecule has 0 amide bonds. The third-order valence-electron chi connectivity index (χ3n) is 6.47. The summed E-state index contributed by atoms with van der Waals surface area (Å²) in [6.07, 6.45) is 18.4. The second-order valence-electron chi connectivity index (χ2n) is 8.81. The maximum absolute atomic E-state index is 6.54. The van der Waals surface area contributed by atoms with E-state index in [9.17, 15) is 0 Å². The number of allylic oxidation sites excluding steroid dienone is 2. The molecule has 1 saturated heterocycles. The molecule has 0 spiro atoms. The Labute approximate surface area is 155 Å². The SMILES string of the molecule is C=C(CCC=C(C)C)C1O[C@H](C2CCCCC2)[C@@H](C2CCCCC2)O1. The van der Waals surface area contributed by atoms with Gasteiger partial charge in [-0.2, -0.15) is 0 Å². The summed E-state index contributed by atoms with van der Waals surface area (Å²) < 4.78 is 13.1. The van der Waals surface area contributed by atoms with Gasteiger partial charge in [-0.1, -0.05) is 56.8 Å². The second-order valence-corrected chi connectivity index (χ2v) is 8.81. The minimum absolute atomic E-state index is 0.163. The van der Waals surface area contributed by atoms with E-state index in [1.807, 2.05) is 0 Å². The van der Waals surface area contributed by atoms with Gasteiger partial charge in [-0.15, -0.1) is 0 Å². The smallest absolute Gasteiger partial charge is 0.180 e. The Hall–Kier alpha value is -0.600. The van der Waals surface area contributed by atoms with E-state index in [2.05, 4.69) is 26.5 Å². The van der Waals surface area contributed by atoms with Crippen LogP contribution in [0.25, 0.3) is 0 Å². The fourth-order valence-corrected chi connectivity index (χ4v) is 5.01. The molecular formula is C23H38O2. The van der Waals surface area contributed by atoms with Crippen LogP contribution in [0.2, 0.25) is 0 Å². The number of hydrogen-bond donors (Lipinski definition) is 0. The van der Waals surface area contributed by atoms with Crippen LogP contribution in [-0.2, 0) is 9.47 Å². The summed E-state index contributed by atoms with van der Waals surface area (Å²) in [7, 11) is 0. The van der Waals surface area contributed by atoms with Crippen LogP contribution in [0.15, 0.2) is 23.8 Å². The van der Waals surface area contributed by atoms with Crippen molar-refractivity contribution in [2.45, 2.75) is 109 Å². The van der Waals surface area contributed by atoms with Crippen molar-refractivity contribution in [1.29, 1.82) is 0 Å². The van der Waals surface area contributed by atoms with Crippen molar-refractivity contribution in [2.75, 3.05) is 0 Å². The first-order chi connectivity index (χ1) is 12.1. The lowest BCUT2D eigenvalue weighted by Crippen LogP contribution is -2.38. The van der Waals surface area contributed by atoms with Gasteiger partial charge in [-0.25, -0.2) is 0 Å². The average Bonchev–Trinajstić information content (AvgIpc) is 3.08. The molecule has 0 aromatic rings. The first-order valence-corrected chi connectivity index (χ1v) is 10.8. The lowest BCUT2D eigenvalue weighted by molar-refractivity contribution is -0.0530. The standard InChI is InChI=1S/C23H38O2/c1-17(2)11-10-12-18(3)23-24-21(19-13-6-4-7-14-19)22(25-23)20-15-8-5-9-16-20/h11,19-23H,3-10,12-16H2,1-2H3/t21-,22-/m1/s1. The Bertz CT molecular complexity index is 425. The average molecular weight is 347 g/mol. The van der Waals surface area contributed by atoms with Gasteiger partial charge in [-0.3, -0.25) is 0 Å². The van der Waals surface area contributed by atoms with E-state index in [0.29, 0.717) is 24.0 Å². The predicted molar refractivity (Wildman–Crippen MR) is 104 cm³/mol. The van der Waals surface area contributed by atoms with Crippen LogP contribution in [0, 0.1) is 11.8 Å². The van der Waals surface area contributed by atoms with Gasteiger partial charge in [0.25, 0.3) is 0 Å². The van der Waals surface area contributed by atoms with Crippen molar-refractivity contribution in [3.63, 3.8) is 0 Å². The molecule has 2 aliphatic carbocycles. The molecular weight excluding hydrogens is 308 g/mol. The fourth-order valence-electron chi connectivity index (χ4n) is 5.01. The second kappa shape index (κ2) is 9.37. The van der Waals surface area contributed by atoms with Gasteiger partial charge in [0, 0.05) is 0 Å². The first kappa shape index (κ1) is 19.2. The van der Waals surface area contributed by atoms with Gasteiger partial charge >= 0.3 is 0 Å². The molecule has 0 aromatic heterocycles. The van der Waals surface area contributed by atoms with Crippen LogP contribution < -0.4 is 0 Å². The summed E-state index contributed by atoms with van der Waals surface area (Å²) in [5, 5.41) is 0. The van der Waals surface area contributed by atoms with Crippen LogP contribution in [0.1, 0.15) is 90.9 Å². The number of rotatable bonds is 6. The normalized spacial score (nSPS) is 29.7. The van der Waals surface area contributed by atoms with E-state index in [1.54, 1.807) is 0 Å². The first-order valence-electron chi connectivity index (χ1n) is 10.8. The third-order valence-corrected chi connectivity index (χ3v) is 6.47. The Morgan fingerprint density at radius 3 is 1.76 bits per heavy atom. The Morgan fingerprint density at radius 1 is 0.840 bits per heavy atom. The van der Waals surface area contributed by atoms with Crippen molar-refractivity contribution in [3.05, 3.63) is 23.8 Å². The molecule has 2 heteroatoms. The summed E-state index contributed by atoms with van der Waals surface area (Å²) in [5.41, 5.74) is 2.51. The zero-order valence-corrected chi connectivity index (χ0v) is 16.5. The highest BCUT2D eigenvalue weighted by Gasteiger charge is 2.45. The summed E-state index contributed by atoms with van der Waals surface area (Å²) in [6.45, 7) is 8.63. The summed E-state index contributed by atoms with van der Waals surface area (Å²) in [5.74, 6) is 1.41. The molecule has 0 N–H and O–H groups in total. The summed E-state index contributed by atoms with van der Waals surface area (Å²) in [4.78, 5) is 0. The van der Waals surface area contributed by atoms with Gasteiger partial charge in [0.15, 0.2) is 6.29 Å². The Balaban J connectivity index is 1.63. The van der Waals surface area contributed by atoms with Crippen LogP contribution in [-0.4, -0.2) is 18.5 Å². The van der Waals surface area contributed by atoms with Gasteiger partial charge in [-0.05, 0) is 69.8 Å². The zero-order valence-electron chi connectivity index (χ0n) is 16.5. The molecule has 0 aromatic carbocycles. The van der Waals surface area contributed by atoms with Crippen LogP contribution in [0.4, 0.5) is 0 Å². The van der Waals surface area contributed by atoms with Gasteiger partial charge < -0.3 is 9.47 Å². The third kappa shape index (κ3) is 5.20.